The highest BCUT2D eigenvalue weighted by Gasteiger charge is 2.23. The number of ether oxygens (including phenoxy) is 2. The zero-order chi connectivity index (χ0) is 20.8. The topological polar surface area (TPSA) is 77.0 Å². The first-order valence-corrected chi connectivity index (χ1v) is 10.5. The van der Waals surface area contributed by atoms with E-state index in [0.29, 0.717) is 20.3 Å². The molecule has 0 spiro atoms. The molecule has 0 bridgehead atoms. The molecule has 1 fully saturated rings. The van der Waals surface area contributed by atoms with E-state index in [2.05, 4.69) is 37.9 Å². The first-order valence-electron chi connectivity index (χ1n) is 8.86. The summed E-state index contributed by atoms with van der Waals surface area (Å²) >= 11 is 4.70. The van der Waals surface area contributed by atoms with E-state index >= 15 is 0 Å². The molecular weight excluding hydrogens is 456 g/mol. The number of carbonyl (C=O) groups is 2. The first kappa shape index (κ1) is 21.1. The van der Waals surface area contributed by atoms with Crippen LogP contribution in [0.1, 0.15) is 18.1 Å². The van der Waals surface area contributed by atoms with Crippen LogP contribution in [0.3, 0.4) is 0 Å². The molecule has 1 N–H and O–H groups in total. The number of amides is 1. The van der Waals surface area contributed by atoms with E-state index in [1.54, 1.807) is 18.2 Å². The van der Waals surface area contributed by atoms with Crippen molar-refractivity contribution in [3.05, 3.63) is 63.0 Å². The van der Waals surface area contributed by atoms with Gasteiger partial charge in [0.1, 0.15) is 5.75 Å². The van der Waals surface area contributed by atoms with Gasteiger partial charge in [0.25, 0.3) is 5.91 Å². The number of aryl methyl sites for hydroxylation is 1. The third-order valence-electron chi connectivity index (χ3n) is 4.05. The van der Waals surface area contributed by atoms with Crippen molar-refractivity contribution in [1.82, 2.24) is 5.32 Å². The Morgan fingerprint density at radius 2 is 2.00 bits per heavy atom. The Balaban J connectivity index is 1.71. The summed E-state index contributed by atoms with van der Waals surface area (Å²) in [4.78, 5) is 28.5. The monoisotopic (exact) mass is 474 g/mol. The lowest BCUT2D eigenvalue weighted by atomic mass is 10.2. The lowest BCUT2D eigenvalue weighted by Crippen LogP contribution is -2.19. The second-order valence-electron chi connectivity index (χ2n) is 6.06. The van der Waals surface area contributed by atoms with Crippen molar-refractivity contribution in [3.63, 3.8) is 0 Å². The number of benzene rings is 2. The Morgan fingerprint density at radius 3 is 2.66 bits per heavy atom. The number of hydrogen-bond donors (Lipinski definition) is 1. The molecule has 0 aromatic heterocycles. The molecule has 0 atom stereocenters. The van der Waals surface area contributed by atoms with E-state index in [1.165, 1.54) is 24.4 Å². The first-order chi connectivity index (χ1) is 14.0. The zero-order valence-corrected chi connectivity index (χ0v) is 18.3. The predicted molar refractivity (Wildman–Crippen MR) is 118 cm³/mol. The highest BCUT2D eigenvalue weighted by molar-refractivity contribution is 9.10. The molecule has 1 aliphatic rings. The Morgan fingerprint density at radius 1 is 1.24 bits per heavy atom. The lowest BCUT2D eigenvalue weighted by molar-refractivity contribution is -0.142. The zero-order valence-electron chi connectivity index (χ0n) is 15.9. The van der Waals surface area contributed by atoms with Crippen LogP contribution in [0, 0.1) is 0 Å². The summed E-state index contributed by atoms with van der Waals surface area (Å²) in [6.45, 7) is 1.92. The number of esters is 1. The van der Waals surface area contributed by atoms with Gasteiger partial charge in [-0.2, -0.15) is 0 Å². The fraction of sp³-hybridized carbons (Fsp3) is 0.190. The summed E-state index contributed by atoms with van der Waals surface area (Å²) in [5.41, 5.74) is 2.84. The van der Waals surface area contributed by atoms with Crippen molar-refractivity contribution >= 4 is 56.5 Å². The van der Waals surface area contributed by atoms with Crippen LogP contribution in [-0.2, 0) is 20.7 Å². The van der Waals surface area contributed by atoms with Crippen LogP contribution in [0.25, 0.3) is 6.08 Å². The Labute approximate surface area is 181 Å². The van der Waals surface area contributed by atoms with Gasteiger partial charge < -0.3 is 14.8 Å². The third-order valence-corrected chi connectivity index (χ3v) is 5.58. The smallest absolute Gasteiger partial charge is 0.343 e. The highest BCUT2D eigenvalue weighted by atomic mass is 79.9. The van der Waals surface area contributed by atoms with Gasteiger partial charge in [-0.25, -0.2) is 9.79 Å². The van der Waals surface area contributed by atoms with Gasteiger partial charge in [-0.05, 0) is 75.6 Å². The summed E-state index contributed by atoms with van der Waals surface area (Å²) < 4.78 is 10.6. The molecule has 1 saturated heterocycles. The summed E-state index contributed by atoms with van der Waals surface area (Å²) in [7, 11) is 1.30. The Hall–Kier alpha value is -2.58. The van der Waals surface area contributed by atoms with E-state index in [0.717, 1.165) is 17.7 Å². The van der Waals surface area contributed by atoms with E-state index < -0.39 is 5.97 Å². The van der Waals surface area contributed by atoms with Crippen LogP contribution < -0.4 is 10.1 Å². The second-order valence-corrected chi connectivity index (χ2v) is 7.94. The number of carbonyl (C=O) groups excluding carboxylic acids is 2. The van der Waals surface area contributed by atoms with Crippen LogP contribution in [0.15, 0.2) is 56.8 Å². The molecule has 1 amide bonds. The maximum absolute atomic E-state index is 12.3. The normalized spacial score (nSPS) is 16.2. The van der Waals surface area contributed by atoms with Gasteiger partial charge in [-0.1, -0.05) is 25.1 Å². The van der Waals surface area contributed by atoms with Gasteiger partial charge in [0, 0.05) is 0 Å². The number of methoxy groups -OCH3 is 1. The van der Waals surface area contributed by atoms with Crippen LogP contribution in [0.5, 0.6) is 5.75 Å². The van der Waals surface area contributed by atoms with Gasteiger partial charge in [0.15, 0.2) is 11.8 Å². The largest absolute Gasteiger partial charge is 0.481 e. The van der Waals surface area contributed by atoms with Crippen LogP contribution in [-0.4, -0.2) is 30.8 Å². The average molecular weight is 475 g/mol. The van der Waals surface area contributed by atoms with Gasteiger partial charge >= 0.3 is 5.97 Å². The van der Waals surface area contributed by atoms with Gasteiger partial charge in [-0.3, -0.25) is 4.79 Å². The number of halogens is 1. The minimum absolute atomic E-state index is 0.174. The number of thioether (sulfide) groups is 1. The molecule has 0 saturated carbocycles. The Bertz CT molecular complexity index is 987. The van der Waals surface area contributed by atoms with Crippen molar-refractivity contribution < 1.29 is 19.1 Å². The van der Waals surface area contributed by atoms with E-state index in [4.69, 9.17) is 4.74 Å². The summed E-state index contributed by atoms with van der Waals surface area (Å²) in [5, 5.41) is 3.33. The molecule has 29 heavy (non-hydrogen) atoms. The fourth-order valence-corrected chi connectivity index (χ4v) is 3.83. The van der Waals surface area contributed by atoms with Gasteiger partial charge in [0.2, 0.25) is 0 Å². The quantitative estimate of drug-likeness (QED) is 0.494. The predicted octanol–water partition coefficient (Wildman–Crippen LogP) is 4.45. The molecule has 6 nitrogen and oxygen atoms in total. The molecule has 150 valence electrons. The fourth-order valence-electron chi connectivity index (χ4n) is 2.47. The molecule has 0 aliphatic carbocycles. The van der Waals surface area contributed by atoms with E-state index in [1.807, 2.05) is 30.3 Å². The molecule has 0 unspecified atom stereocenters. The lowest BCUT2D eigenvalue weighted by Gasteiger charge is -2.07. The number of nitrogens with zero attached hydrogens (tertiary/aromatic N) is 1. The van der Waals surface area contributed by atoms with E-state index in [9.17, 15) is 9.59 Å². The van der Waals surface area contributed by atoms with E-state index in [-0.39, 0.29) is 12.5 Å². The Kier molecular flexibility index (Phi) is 7.11. The van der Waals surface area contributed by atoms with Crippen molar-refractivity contribution in [1.29, 1.82) is 0 Å². The van der Waals surface area contributed by atoms with Crippen LogP contribution in [0.2, 0.25) is 0 Å². The maximum atomic E-state index is 12.3. The molecule has 2 aromatic rings. The molecule has 8 heteroatoms. The number of rotatable bonds is 6. The summed E-state index contributed by atoms with van der Waals surface area (Å²) in [6, 6.07) is 13.3. The summed E-state index contributed by atoms with van der Waals surface area (Å²) in [5.74, 6) is -0.141. The summed E-state index contributed by atoms with van der Waals surface area (Å²) in [6.07, 6.45) is 2.74. The van der Waals surface area contributed by atoms with Crippen LogP contribution in [0.4, 0.5) is 5.69 Å². The van der Waals surface area contributed by atoms with Crippen molar-refractivity contribution in [3.8, 4) is 5.75 Å². The number of amidine groups is 1. The molecular formula is C21H19BrN2O4S. The van der Waals surface area contributed by atoms with Gasteiger partial charge in [-0.15, -0.1) is 0 Å². The second kappa shape index (κ2) is 9.76. The minimum atomic E-state index is -0.460. The van der Waals surface area contributed by atoms with Gasteiger partial charge in [0.05, 0.1) is 22.2 Å². The third kappa shape index (κ3) is 5.71. The number of aliphatic imine (C=N–C) groups is 1. The molecule has 1 heterocycles. The van der Waals surface area contributed by atoms with Crippen molar-refractivity contribution in [2.45, 2.75) is 13.3 Å². The SMILES string of the molecule is CCc1ccc(N=C2NC(=O)/C(=C/c3ccc(OCC(=O)OC)c(Br)c3)S2)cc1. The average Bonchev–Trinajstić information content (AvgIpc) is 3.06. The number of hydrogen-bond acceptors (Lipinski definition) is 6. The molecule has 3 rings (SSSR count). The minimum Gasteiger partial charge on any atom is -0.481 e. The van der Waals surface area contributed by atoms with Crippen molar-refractivity contribution in [2.24, 2.45) is 4.99 Å². The maximum Gasteiger partial charge on any atom is 0.343 e. The van der Waals surface area contributed by atoms with Crippen molar-refractivity contribution in [2.75, 3.05) is 13.7 Å². The standard InChI is InChI=1S/C21H19BrN2O4S/c1-3-13-4-7-15(8-5-13)23-21-24-20(26)18(29-21)11-14-6-9-17(16(22)10-14)28-12-19(25)27-2/h4-11H,3,12H2,1-2H3,(H,23,24,26)/b18-11-. The molecule has 1 aliphatic heterocycles. The molecule has 0 radical (unpaired) electrons. The van der Waals surface area contributed by atoms with Crippen LogP contribution >= 0.6 is 27.7 Å². The molecule has 2 aromatic carbocycles. The highest BCUT2D eigenvalue weighted by Crippen LogP contribution is 2.31. The number of nitrogens with one attached hydrogen (secondary N) is 1.